The van der Waals surface area contributed by atoms with Gasteiger partial charge in [-0.1, -0.05) is 54.6 Å². The van der Waals surface area contributed by atoms with E-state index in [0.29, 0.717) is 21.4 Å². The van der Waals surface area contributed by atoms with Crippen molar-refractivity contribution in [1.82, 2.24) is 20.0 Å². The lowest BCUT2D eigenvalue weighted by Crippen LogP contribution is -2.18. The summed E-state index contributed by atoms with van der Waals surface area (Å²) in [5, 5.41) is 22.6. The molecule has 0 saturated carbocycles. The molecule has 0 amide bonds. The third-order valence-electron chi connectivity index (χ3n) is 4.33. The van der Waals surface area contributed by atoms with Crippen molar-refractivity contribution in [3.8, 4) is 11.4 Å². The van der Waals surface area contributed by atoms with Gasteiger partial charge in [0, 0.05) is 17.2 Å². The van der Waals surface area contributed by atoms with Crippen LogP contribution in [-0.2, 0) is 10.0 Å². The Labute approximate surface area is 193 Å². The molecule has 10 nitrogen and oxygen atoms in total. The zero-order valence-corrected chi connectivity index (χ0v) is 18.5. The number of hydrogen-bond donors (Lipinski definition) is 2. The number of aromatic amines is 1. The molecule has 0 fully saturated rings. The zero-order valence-electron chi connectivity index (χ0n) is 16.8. The summed E-state index contributed by atoms with van der Waals surface area (Å²) in [4.78, 5) is 17.9. The highest BCUT2D eigenvalue weighted by Gasteiger charge is 2.18. The van der Waals surface area contributed by atoms with E-state index < -0.39 is 14.9 Å². The van der Waals surface area contributed by atoms with Crippen molar-refractivity contribution in [3.05, 3.63) is 94.5 Å². The number of benzene rings is 3. The van der Waals surface area contributed by atoms with Gasteiger partial charge in [0.25, 0.3) is 15.7 Å². The van der Waals surface area contributed by atoms with E-state index in [2.05, 4.69) is 25.1 Å². The molecule has 0 radical (unpaired) electrons. The van der Waals surface area contributed by atoms with Crippen LogP contribution in [0, 0.1) is 10.1 Å². The van der Waals surface area contributed by atoms with Gasteiger partial charge in [0.15, 0.2) is 5.82 Å². The van der Waals surface area contributed by atoms with Gasteiger partial charge in [-0.25, -0.2) is 9.82 Å². The van der Waals surface area contributed by atoms with Gasteiger partial charge >= 0.3 is 0 Å². The molecule has 3 aromatic carbocycles. The third kappa shape index (κ3) is 5.42. The van der Waals surface area contributed by atoms with Crippen LogP contribution >= 0.6 is 11.8 Å². The van der Waals surface area contributed by atoms with Gasteiger partial charge in [0.05, 0.1) is 20.9 Å². The van der Waals surface area contributed by atoms with Gasteiger partial charge in [-0.2, -0.15) is 13.5 Å². The monoisotopic (exact) mass is 480 g/mol. The lowest BCUT2D eigenvalue weighted by Gasteiger charge is -2.03. The Balaban J connectivity index is 1.51. The van der Waals surface area contributed by atoms with Gasteiger partial charge in [-0.3, -0.25) is 15.2 Å². The number of rotatable bonds is 8. The molecule has 1 heterocycles. The van der Waals surface area contributed by atoms with Crippen LogP contribution < -0.4 is 4.83 Å². The Morgan fingerprint density at radius 1 is 1.03 bits per heavy atom. The number of nitro benzene ring substituents is 1. The highest BCUT2D eigenvalue weighted by Crippen LogP contribution is 2.34. The molecule has 12 heteroatoms. The number of aromatic nitrogens is 3. The summed E-state index contributed by atoms with van der Waals surface area (Å²) in [7, 11) is -3.83. The normalized spacial score (nSPS) is 11.5. The third-order valence-corrected chi connectivity index (χ3v) is 6.50. The van der Waals surface area contributed by atoms with Crippen molar-refractivity contribution in [1.29, 1.82) is 0 Å². The predicted molar refractivity (Wildman–Crippen MR) is 123 cm³/mol. The van der Waals surface area contributed by atoms with E-state index in [1.54, 1.807) is 24.3 Å². The summed E-state index contributed by atoms with van der Waals surface area (Å²) < 4.78 is 24.4. The van der Waals surface area contributed by atoms with Crippen LogP contribution in [0.3, 0.4) is 0 Å². The Morgan fingerprint density at radius 3 is 2.42 bits per heavy atom. The first kappa shape index (κ1) is 22.2. The van der Waals surface area contributed by atoms with Gasteiger partial charge < -0.3 is 0 Å². The molecule has 0 aliphatic carbocycles. The fourth-order valence-corrected chi connectivity index (χ4v) is 4.39. The Morgan fingerprint density at radius 2 is 1.73 bits per heavy atom. The van der Waals surface area contributed by atoms with E-state index in [0.717, 1.165) is 17.3 Å². The highest BCUT2D eigenvalue weighted by atomic mass is 32.2. The first-order valence-corrected chi connectivity index (χ1v) is 11.8. The molecule has 0 bridgehead atoms. The quantitative estimate of drug-likeness (QED) is 0.221. The summed E-state index contributed by atoms with van der Waals surface area (Å²) in [6.45, 7) is 0. The largest absolute Gasteiger partial charge is 0.283 e. The number of nitrogens with one attached hydrogen (secondary N) is 2. The topological polar surface area (TPSA) is 143 Å². The molecule has 0 atom stereocenters. The minimum absolute atomic E-state index is 0.0567. The molecule has 0 spiro atoms. The molecule has 0 unspecified atom stereocenters. The average molecular weight is 481 g/mol. The van der Waals surface area contributed by atoms with Gasteiger partial charge in [0.2, 0.25) is 5.16 Å². The van der Waals surface area contributed by atoms with Crippen LogP contribution in [0.25, 0.3) is 11.4 Å². The van der Waals surface area contributed by atoms with Crippen molar-refractivity contribution in [3.63, 3.8) is 0 Å². The van der Waals surface area contributed by atoms with Gasteiger partial charge in [-0.05, 0) is 30.0 Å². The summed E-state index contributed by atoms with van der Waals surface area (Å²) in [5.74, 6) is 0.551. The van der Waals surface area contributed by atoms with Crippen molar-refractivity contribution in [2.45, 2.75) is 14.9 Å². The molecule has 4 aromatic rings. The molecule has 1 aromatic heterocycles. The van der Waals surface area contributed by atoms with Crippen LogP contribution in [0.1, 0.15) is 5.56 Å². The van der Waals surface area contributed by atoms with E-state index in [9.17, 15) is 18.5 Å². The number of nitrogens with zero attached hydrogens (tertiary/aromatic N) is 4. The Kier molecular flexibility index (Phi) is 6.47. The van der Waals surface area contributed by atoms with Gasteiger partial charge in [-0.15, -0.1) is 5.10 Å². The number of sulfonamides is 1. The minimum atomic E-state index is -3.83. The fourth-order valence-electron chi connectivity index (χ4n) is 2.78. The Hall–Kier alpha value is -4.03. The van der Waals surface area contributed by atoms with Gasteiger partial charge in [0.1, 0.15) is 0 Å². The van der Waals surface area contributed by atoms with Crippen molar-refractivity contribution in [2.24, 2.45) is 5.10 Å². The fraction of sp³-hybridized carbons (Fsp3) is 0. The predicted octanol–water partition coefficient (Wildman–Crippen LogP) is 3.84. The summed E-state index contributed by atoms with van der Waals surface area (Å²) >= 11 is 1.04. The van der Waals surface area contributed by atoms with Crippen LogP contribution in [0.2, 0.25) is 0 Å². The molecule has 2 N–H and O–H groups in total. The summed E-state index contributed by atoms with van der Waals surface area (Å²) in [6.07, 6.45) is 1.20. The number of nitro groups is 1. The number of hydrogen-bond acceptors (Lipinski definition) is 8. The lowest BCUT2D eigenvalue weighted by molar-refractivity contribution is -0.387. The number of hydrazone groups is 1. The second kappa shape index (κ2) is 9.63. The van der Waals surface area contributed by atoms with Crippen LogP contribution in [-0.4, -0.2) is 34.7 Å². The van der Waals surface area contributed by atoms with Crippen LogP contribution in [0.15, 0.2) is 98.9 Å². The van der Waals surface area contributed by atoms with E-state index in [-0.39, 0.29) is 10.6 Å². The smallest absolute Gasteiger partial charge is 0.258 e. The maximum absolute atomic E-state index is 12.2. The van der Waals surface area contributed by atoms with E-state index in [1.807, 2.05) is 30.3 Å². The maximum Gasteiger partial charge on any atom is 0.283 e. The van der Waals surface area contributed by atoms with Crippen molar-refractivity contribution < 1.29 is 13.3 Å². The standard InChI is InChI=1S/C21H16N6O4S2/c28-27(29)18-13-15(14-22-26-33(30,31)17-9-5-2-6-10-17)11-12-19(18)32-21-23-20(24-25-21)16-7-3-1-4-8-16/h1-14,26H,(H,23,24,25)/b22-14-. The van der Waals surface area contributed by atoms with Crippen LogP contribution in [0.5, 0.6) is 0 Å². The SMILES string of the molecule is O=[N+]([O-])c1cc(/C=N\NS(=O)(=O)c2ccccc2)ccc1Sc1n[nH]c(-c2ccccc2)n1. The zero-order chi connectivity index (χ0) is 23.3. The first-order chi connectivity index (χ1) is 15.9. The van der Waals surface area contributed by atoms with Crippen molar-refractivity contribution >= 4 is 33.7 Å². The second-order valence-corrected chi connectivity index (χ2v) is 9.25. The number of H-pyrrole nitrogens is 1. The summed E-state index contributed by atoms with van der Waals surface area (Å²) in [5.41, 5.74) is 1.01. The van der Waals surface area contributed by atoms with Crippen molar-refractivity contribution in [2.75, 3.05) is 0 Å². The molecule has 4 rings (SSSR count). The second-order valence-electron chi connectivity index (χ2n) is 6.58. The first-order valence-electron chi connectivity index (χ1n) is 9.46. The maximum atomic E-state index is 12.2. The minimum Gasteiger partial charge on any atom is -0.258 e. The molecule has 0 aliphatic heterocycles. The highest BCUT2D eigenvalue weighted by molar-refractivity contribution is 7.99. The van der Waals surface area contributed by atoms with Crippen LogP contribution in [0.4, 0.5) is 5.69 Å². The molecule has 0 aliphatic rings. The molecular weight excluding hydrogens is 464 g/mol. The Bertz CT molecular complexity index is 1410. The lowest BCUT2D eigenvalue weighted by atomic mass is 10.2. The molecule has 166 valence electrons. The molecular formula is C21H16N6O4S2. The average Bonchev–Trinajstić information content (AvgIpc) is 3.29. The molecule has 33 heavy (non-hydrogen) atoms. The molecule has 0 saturated heterocycles. The van der Waals surface area contributed by atoms with E-state index in [1.165, 1.54) is 30.5 Å². The van der Waals surface area contributed by atoms with E-state index >= 15 is 0 Å². The summed E-state index contributed by atoms with van der Waals surface area (Å²) in [6, 6.07) is 21.5. The van der Waals surface area contributed by atoms with E-state index in [4.69, 9.17) is 0 Å².